The van der Waals surface area contributed by atoms with Gasteiger partial charge in [0.2, 0.25) is 0 Å². The maximum absolute atomic E-state index is 2.47. The Balaban J connectivity index is 0.000000106. The van der Waals surface area contributed by atoms with Crippen LogP contribution in [0.1, 0.15) is 41.7 Å². The molecule has 0 spiro atoms. The van der Waals surface area contributed by atoms with Crippen LogP contribution in [0, 0.1) is 20.8 Å². The molecular formula is C126H90N6. The van der Waals surface area contributed by atoms with E-state index in [1.807, 2.05) is 0 Å². The molecule has 0 bridgehead atoms. The van der Waals surface area contributed by atoms with E-state index in [0.717, 1.165) is 11.4 Å². The SMILES string of the molecule is Cc1cccc(-n2c3ccccc3c3c4c5ccccc5n(-c5ccc(-c6ccc(-c7ccccc7)cc6)cc5)c4ccc32)c1.Cc1cccc(-n2c3ccccc3c3c4c5ccccc5n(-c5ccc6c(c5)C(C)(C)c5ccccc5-6)c4ccc32)c1.Cc1cccc(-n2c3ccccc3c3c4c5ccccc5n(-c5cccc(-c6ccc(-c7ccccc7)cc6)c5)c4ccc32)c1. The van der Waals surface area contributed by atoms with Gasteiger partial charge in [-0.25, -0.2) is 0 Å². The molecule has 0 atom stereocenters. The largest absolute Gasteiger partial charge is 0.309 e. The number of nitrogens with zero attached hydrogens (tertiary/aromatic N) is 6. The highest BCUT2D eigenvalue weighted by molar-refractivity contribution is 6.32. The first-order chi connectivity index (χ1) is 65.0. The molecule has 6 aromatic heterocycles. The van der Waals surface area contributed by atoms with Crippen LogP contribution in [0.15, 0.2) is 455 Å². The van der Waals surface area contributed by atoms with Crippen molar-refractivity contribution in [2.75, 3.05) is 0 Å². The lowest BCUT2D eigenvalue weighted by Gasteiger charge is -2.22. The van der Waals surface area contributed by atoms with E-state index in [-0.39, 0.29) is 5.41 Å². The van der Waals surface area contributed by atoms with Crippen molar-refractivity contribution in [1.82, 2.24) is 27.4 Å². The first-order valence-electron chi connectivity index (χ1n) is 45.9. The number of benzene rings is 20. The minimum Gasteiger partial charge on any atom is -0.309 e. The van der Waals surface area contributed by atoms with E-state index in [0.29, 0.717) is 0 Å². The summed E-state index contributed by atoms with van der Waals surface area (Å²) < 4.78 is 14.6. The van der Waals surface area contributed by atoms with Gasteiger partial charge in [-0.05, 0) is 250 Å². The summed E-state index contributed by atoms with van der Waals surface area (Å²) in [5.74, 6) is 0. The lowest BCUT2D eigenvalue weighted by atomic mass is 9.82. The second-order valence-corrected chi connectivity index (χ2v) is 36.1. The maximum atomic E-state index is 2.47. The molecule has 0 saturated heterocycles. The lowest BCUT2D eigenvalue weighted by Crippen LogP contribution is -2.15. The normalized spacial score (nSPS) is 12.3. The Morgan fingerprint density at radius 3 is 0.720 bits per heavy atom. The van der Waals surface area contributed by atoms with Gasteiger partial charge >= 0.3 is 0 Å². The van der Waals surface area contributed by atoms with Crippen LogP contribution in [0.4, 0.5) is 0 Å². The van der Waals surface area contributed by atoms with E-state index < -0.39 is 0 Å². The Kier molecular flexibility index (Phi) is 18.2. The second-order valence-electron chi connectivity index (χ2n) is 36.1. The zero-order valence-corrected chi connectivity index (χ0v) is 74.0. The van der Waals surface area contributed by atoms with Crippen LogP contribution in [-0.2, 0) is 5.41 Å². The predicted octanol–water partition coefficient (Wildman–Crippen LogP) is 33.5. The molecule has 0 N–H and O–H groups in total. The number of rotatable bonds is 10. The Morgan fingerprint density at radius 2 is 0.386 bits per heavy atom. The van der Waals surface area contributed by atoms with Crippen molar-refractivity contribution in [2.45, 2.75) is 40.0 Å². The summed E-state index contributed by atoms with van der Waals surface area (Å²) >= 11 is 0. The van der Waals surface area contributed by atoms with Crippen LogP contribution in [0.5, 0.6) is 0 Å². The fraction of sp³-hybridized carbons (Fsp3) is 0.0476. The second kappa shape index (κ2) is 31.0. The molecular weight excluding hydrogens is 1600 g/mol. The van der Waals surface area contributed by atoms with Crippen molar-refractivity contribution < 1.29 is 0 Å². The van der Waals surface area contributed by atoms with Gasteiger partial charge in [-0.15, -0.1) is 0 Å². The molecule has 0 aliphatic heterocycles. The van der Waals surface area contributed by atoms with E-state index >= 15 is 0 Å². The Hall–Kier alpha value is -16.8. The summed E-state index contributed by atoms with van der Waals surface area (Å²) in [6.45, 7) is 11.2. The van der Waals surface area contributed by atoms with Crippen LogP contribution < -0.4 is 0 Å². The molecule has 132 heavy (non-hydrogen) atoms. The standard InChI is InChI=1S/2C43H30N2.C40H30N2/c1-29-11-9-15-34(27-29)44-38-19-7-5-17-36(38)42-40(44)25-26-41-43(42)37-18-6-8-20-39(37)45(41)35-16-10-14-33(28-35)32-23-21-31(22-24-32)30-12-3-2-4-13-30;1-29-10-9-13-35(28-29)45-39-17-8-6-15-37(39)43-41(45)27-26-40-42(43)36-14-5-7-16-38(36)44(40)34-24-22-33(23-25-34)32-20-18-31(19-21-32)30-11-3-2-4-12-30;1-25-11-10-12-26(23-25)41-34-17-8-5-14-30(34)38-36(41)21-22-37-39(38)31-15-6-9-18-35(31)42(37)27-19-20-29-28-13-4-7-16-32(28)40(2,3)33(29)24-27/h2*2-28H,1H3;4-24H,1-3H3. The molecule has 0 unspecified atom stereocenters. The molecule has 0 saturated carbocycles. The Morgan fingerprint density at radius 1 is 0.152 bits per heavy atom. The minimum absolute atomic E-state index is 0.0464. The fourth-order valence-corrected chi connectivity index (χ4v) is 22.0. The van der Waals surface area contributed by atoms with E-state index in [1.165, 1.54) is 237 Å². The van der Waals surface area contributed by atoms with Gasteiger partial charge < -0.3 is 27.4 Å². The average Bonchev–Trinajstić information content (AvgIpc) is 1.53. The van der Waals surface area contributed by atoms with Gasteiger partial charge in [0.25, 0.3) is 0 Å². The summed E-state index contributed by atoms with van der Waals surface area (Å²) in [5.41, 5.74) is 40.8. The van der Waals surface area contributed by atoms with E-state index in [1.54, 1.807) is 0 Å². The third-order valence-electron chi connectivity index (χ3n) is 27.9. The van der Waals surface area contributed by atoms with Crippen LogP contribution in [0.2, 0.25) is 0 Å². The highest BCUT2D eigenvalue weighted by Crippen LogP contribution is 2.52. The van der Waals surface area contributed by atoms with Gasteiger partial charge in [-0.1, -0.05) is 323 Å². The van der Waals surface area contributed by atoms with Crippen molar-refractivity contribution in [3.05, 3.63) is 483 Å². The molecule has 0 amide bonds. The summed E-state index contributed by atoms with van der Waals surface area (Å²) in [7, 11) is 0. The average molecular weight is 1690 g/mol. The number of fused-ring (bicyclic) bond motifs is 24. The van der Waals surface area contributed by atoms with Gasteiger partial charge in [0.1, 0.15) is 0 Å². The van der Waals surface area contributed by atoms with Crippen LogP contribution >= 0.6 is 0 Å². The minimum atomic E-state index is -0.0464. The maximum Gasteiger partial charge on any atom is 0.0548 e. The summed E-state index contributed by atoms with van der Waals surface area (Å²) in [6.07, 6.45) is 0. The van der Waals surface area contributed by atoms with Gasteiger partial charge in [-0.2, -0.15) is 0 Å². The molecule has 6 heterocycles. The molecule has 20 aromatic carbocycles. The zero-order valence-electron chi connectivity index (χ0n) is 74.0. The molecule has 6 heteroatoms. The van der Waals surface area contributed by atoms with Crippen molar-refractivity contribution in [1.29, 1.82) is 0 Å². The highest BCUT2D eigenvalue weighted by atomic mass is 15.0. The number of hydrogen-bond acceptors (Lipinski definition) is 0. The molecule has 26 aromatic rings. The van der Waals surface area contributed by atoms with Crippen molar-refractivity contribution in [3.63, 3.8) is 0 Å². The molecule has 27 rings (SSSR count). The molecule has 6 nitrogen and oxygen atoms in total. The number of hydrogen-bond donors (Lipinski definition) is 0. The molecule has 1 aliphatic rings. The highest BCUT2D eigenvalue weighted by Gasteiger charge is 2.36. The third kappa shape index (κ3) is 12.5. The first kappa shape index (κ1) is 77.5. The lowest BCUT2D eigenvalue weighted by molar-refractivity contribution is 0.660. The van der Waals surface area contributed by atoms with Gasteiger partial charge in [0.15, 0.2) is 0 Å². The van der Waals surface area contributed by atoms with Crippen LogP contribution in [0.25, 0.3) is 221 Å². The number of para-hydroxylation sites is 6. The molecule has 0 fully saturated rings. The van der Waals surface area contributed by atoms with E-state index in [9.17, 15) is 0 Å². The summed E-state index contributed by atoms with van der Waals surface area (Å²) in [5, 5.41) is 15.5. The number of aryl methyl sites for hydroxylation is 3. The smallest absolute Gasteiger partial charge is 0.0548 e. The van der Waals surface area contributed by atoms with E-state index in [4.69, 9.17) is 0 Å². The van der Waals surface area contributed by atoms with Gasteiger partial charge in [0.05, 0.1) is 66.2 Å². The topological polar surface area (TPSA) is 29.6 Å². The van der Waals surface area contributed by atoms with Crippen LogP contribution in [0.3, 0.4) is 0 Å². The fourth-order valence-electron chi connectivity index (χ4n) is 22.0. The van der Waals surface area contributed by atoms with Crippen molar-refractivity contribution >= 4 is 131 Å². The third-order valence-corrected chi connectivity index (χ3v) is 27.9. The molecule has 1 aliphatic carbocycles. The zero-order chi connectivity index (χ0) is 88.0. The predicted molar refractivity (Wildman–Crippen MR) is 559 cm³/mol. The van der Waals surface area contributed by atoms with Crippen LogP contribution in [-0.4, -0.2) is 27.4 Å². The van der Waals surface area contributed by atoms with Gasteiger partial charge in [0, 0.05) is 104 Å². The van der Waals surface area contributed by atoms with Crippen molar-refractivity contribution in [3.8, 4) is 89.8 Å². The van der Waals surface area contributed by atoms with Gasteiger partial charge in [-0.3, -0.25) is 0 Å². The monoisotopic (exact) mass is 1690 g/mol. The first-order valence-corrected chi connectivity index (χ1v) is 45.9. The number of aromatic nitrogens is 6. The Labute approximate surface area is 765 Å². The molecule has 624 valence electrons. The summed E-state index contributed by atoms with van der Waals surface area (Å²) in [4.78, 5) is 0. The summed E-state index contributed by atoms with van der Waals surface area (Å²) in [6, 6.07) is 166. The Bertz CT molecular complexity index is 9120. The van der Waals surface area contributed by atoms with Crippen molar-refractivity contribution in [2.24, 2.45) is 0 Å². The van der Waals surface area contributed by atoms with E-state index in [2.05, 4.69) is 517 Å². The molecule has 0 radical (unpaired) electrons. The quantitative estimate of drug-likeness (QED) is 0.131.